The van der Waals surface area contributed by atoms with Gasteiger partial charge in [-0.05, 0) is 12.1 Å². The third kappa shape index (κ3) is 12.4. The Morgan fingerprint density at radius 1 is 0.610 bits per heavy atom. The fourth-order valence-electron chi connectivity index (χ4n) is 3.22. The summed E-state index contributed by atoms with van der Waals surface area (Å²) < 4.78 is 49.3. The summed E-state index contributed by atoms with van der Waals surface area (Å²) in [6.07, 6.45) is 0. The Morgan fingerprint density at radius 3 is 1.44 bits per heavy atom. The molecular weight excluding hydrogens is 536 g/mol. The minimum absolute atomic E-state index is 0.264. The summed E-state index contributed by atoms with van der Waals surface area (Å²) >= 11 is 0. The molecule has 0 radical (unpaired) electrons. The van der Waals surface area contributed by atoms with E-state index in [1.165, 1.54) is 0 Å². The molecule has 2 rings (SSSR count). The number of hydrogen-bond donors (Lipinski definition) is 2. The van der Waals surface area contributed by atoms with Crippen LogP contribution < -0.4 is 30.4 Å². The number of nitriles is 1. The van der Waals surface area contributed by atoms with Crippen LogP contribution in [0.25, 0.3) is 4.85 Å². The number of methoxy groups -OCH3 is 2. The van der Waals surface area contributed by atoms with E-state index in [2.05, 4.69) is 4.85 Å². The van der Waals surface area contributed by atoms with E-state index in [0.717, 1.165) is 0 Å². The smallest absolute Gasteiger partial charge is 0.213 e. The summed E-state index contributed by atoms with van der Waals surface area (Å²) in [4.78, 5) is 3.38. The summed E-state index contributed by atoms with van der Waals surface area (Å²) in [6.45, 7) is 11.4. The van der Waals surface area contributed by atoms with Gasteiger partial charge in [0.15, 0.2) is 23.0 Å². The van der Waals surface area contributed by atoms with Crippen molar-refractivity contribution in [3.05, 3.63) is 41.2 Å². The first-order valence-corrected chi connectivity index (χ1v) is 12.9. The number of anilines is 2. The molecule has 0 aliphatic rings. The van der Waals surface area contributed by atoms with E-state index in [9.17, 15) is 5.26 Å². The van der Waals surface area contributed by atoms with Crippen molar-refractivity contribution < 1.29 is 42.6 Å². The number of nitrogen functional groups attached to an aromatic ring is 2. The molecule has 0 aliphatic heterocycles. The molecule has 13 heteroatoms. The van der Waals surface area contributed by atoms with E-state index >= 15 is 0 Å². The van der Waals surface area contributed by atoms with E-state index in [-0.39, 0.29) is 13.2 Å². The maximum Gasteiger partial charge on any atom is 0.213 e. The fraction of sp³-hybridized carbons (Fsp3) is 0.500. The minimum atomic E-state index is 0.264. The Hall–Kier alpha value is -3.98. The van der Waals surface area contributed by atoms with Crippen LogP contribution in [0.2, 0.25) is 0 Å². The molecule has 41 heavy (non-hydrogen) atoms. The Bertz CT molecular complexity index is 1050. The van der Waals surface area contributed by atoms with Crippen LogP contribution in [-0.2, 0) is 23.7 Å². The highest BCUT2D eigenvalue weighted by atomic mass is 16.6. The number of rotatable bonds is 22. The summed E-state index contributed by atoms with van der Waals surface area (Å²) in [5.41, 5.74) is 13.0. The molecule has 0 fully saturated rings. The first kappa shape index (κ1) is 33.2. The Morgan fingerprint density at radius 2 is 1.00 bits per heavy atom. The molecule has 2 aromatic rings. The second-order valence-corrected chi connectivity index (χ2v) is 8.18. The second-order valence-electron chi connectivity index (χ2n) is 8.18. The molecule has 4 N–H and O–H groups in total. The van der Waals surface area contributed by atoms with Crippen molar-refractivity contribution in [2.45, 2.75) is 0 Å². The van der Waals surface area contributed by atoms with Crippen molar-refractivity contribution in [3.63, 3.8) is 0 Å². The SMILES string of the molecule is [C-]#[N+]c1cc(OCCOC)c(OCCOCCOCCOCCOc2cc(N)c(C#N)cc2OCCOC)cc1N. The molecule has 0 aromatic heterocycles. The van der Waals surface area contributed by atoms with Crippen molar-refractivity contribution in [3.8, 4) is 29.1 Å². The maximum atomic E-state index is 9.18. The standard InChI is InChI=1S/C28H38N4O9/c1-32-24-19-28(39-13-5-34-3)27(18-23(24)31)41-15-11-37-9-7-35-6-8-36-10-14-40-26-17-22(30)21(20-29)16-25(26)38-12-4-33-2/h16-19H,4-15,30-31H2,2-3H3. The van der Waals surface area contributed by atoms with Crippen molar-refractivity contribution in [1.29, 1.82) is 5.26 Å². The van der Waals surface area contributed by atoms with Gasteiger partial charge in [-0.1, -0.05) is 0 Å². The zero-order chi connectivity index (χ0) is 29.7. The molecule has 0 amide bonds. The van der Waals surface area contributed by atoms with Crippen LogP contribution in [-0.4, -0.2) is 93.5 Å². The van der Waals surface area contributed by atoms with Crippen LogP contribution in [0, 0.1) is 17.9 Å². The highest BCUT2D eigenvalue weighted by molar-refractivity contribution is 5.72. The van der Waals surface area contributed by atoms with Crippen LogP contribution >= 0.6 is 0 Å². The quantitative estimate of drug-likeness (QED) is 0.120. The van der Waals surface area contributed by atoms with Gasteiger partial charge in [-0.25, -0.2) is 4.85 Å². The van der Waals surface area contributed by atoms with Crippen LogP contribution in [0.3, 0.4) is 0 Å². The van der Waals surface area contributed by atoms with Gasteiger partial charge in [0.2, 0.25) is 5.69 Å². The predicted molar refractivity (Wildman–Crippen MR) is 151 cm³/mol. The molecule has 0 aliphatic carbocycles. The molecule has 224 valence electrons. The molecule has 0 bridgehead atoms. The molecule has 0 saturated carbocycles. The first-order valence-electron chi connectivity index (χ1n) is 12.9. The van der Waals surface area contributed by atoms with Crippen molar-refractivity contribution in [2.24, 2.45) is 0 Å². The molecule has 0 heterocycles. The number of nitrogens with zero attached hydrogens (tertiary/aromatic N) is 2. The Kier molecular flexibility index (Phi) is 16.2. The van der Waals surface area contributed by atoms with E-state index in [1.54, 1.807) is 38.5 Å². The molecule has 13 nitrogen and oxygen atoms in total. The van der Waals surface area contributed by atoms with Gasteiger partial charge in [0.05, 0.1) is 70.7 Å². The molecule has 0 spiro atoms. The van der Waals surface area contributed by atoms with Crippen LogP contribution in [0.4, 0.5) is 17.1 Å². The summed E-state index contributed by atoms with van der Waals surface area (Å²) in [7, 11) is 3.15. The van der Waals surface area contributed by atoms with Gasteiger partial charge in [0.1, 0.15) is 32.5 Å². The summed E-state index contributed by atoms with van der Waals surface area (Å²) in [5, 5.41) is 9.18. The Balaban J connectivity index is 1.57. The van der Waals surface area contributed by atoms with Gasteiger partial charge in [0, 0.05) is 32.0 Å². The predicted octanol–water partition coefficient (Wildman–Crippen LogP) is 2.83. The lowest BCUT2D eigenvalue weighted by Crippen LogP contribution is -2.15. The van der Waals surface area contributed by atoms with Crippen molar-refractivity contribution >= 4 is 17.1 Å². The lowest BCUT2D eigenvalue weighted by Gasteiger charge is -2.15. The third-order valence-electron chi connectivity index (χ3n) is 5.25. The zero-order valence-corrected chi connectivity index (χ0v) is 23.5. The normalized spacial score (nSPS) is 10.5. The van der Waals surface area contributed by atoms with Crippen LogP contribution in [0.5, 0.6) is 23.0 Å². The van der Waals surface area contributed by atoms with Crippen LogP contribution in [0.15, 0.2) is 24.3 Å². The maximum absolute atomic E-state index is 9.18. The fourth-order valence-corrected chi connectivity index (χ4v) is 3.22. The third-order valence-corrected chi connectivity index (χ3v) is 5.25. The van der Waals surface area contributed by atoms with E-state index in [1.807, 2.05) is 6.07 Å². The highest BCUT2D eigenvalue weighted by Crippen LogP contribution is 2.37. The second kappa shape index (κ2) is 20.0. The molecule has 0 unspecified atom stereocenters. The average Bonchev–Trinajstić information content (AvgIpc) is 2.97. The largest absolute Gasteiger partial charge is 0.489 e. The molecule has 0 atom stereocenters. The number of benzene rings is 2. The van der Waals surface area contributed by atoms with Gasteiger partial charge in [-0.3, -0.25) is 0 Å². The average molecular weight is 575 g/mol. The molecule has 2 aromatic carbocycles. The minimum Gasteiger partial charge on any atom is -0.489 e. The van der Waals surface area contributed by atoms with Gasteiger partial charge >= 0.3 is 0 Å². The van der Waals surface area contributed by atoms with E-state index < -0.39 is 0 Å². The number of nitrogens with two attached hydrogens (primary N) is 2. The topological polar surface area (TPSA) is 163 Å². The summed E-state index contributed by atoms with van der Waals surface area (Å²) in [6, 6.07) is 8.25. The number of hydrogen-bond acceptors (Lipinski definition) is 12. The molecule has 0 saturated heterocycles. The first-order chi connectivity index (χ1) is 20.0. The van der Waals surface area contributed by atoms with Crippen molar-refractivity contribution in [2.75, 3.05) is 105 Å². The lowest BCUT2D eigenvalue weighted by atomic mass is 10.2. The van der Waals surface area contributed by atoms with E-state index in [4.69, 9.17) is 60.7 Å². The monoisotopic (exact) mass is 574 g/mol. The Labute approximate surface area is 240 Å². The van der Waals surface area contributed by atoms with Gasteiger partial charge in [-0.15, -0.1) is 0 Å². The van der Waals surface area contributed by atoms with Gasteiger partial charge in [0.25, 0.3) is 0 Å². The summed E-state index contributed by atoms with van der Waals surface area (Å²) in [5.74, 6) is 1.70. The van der Waals surface area contributed by atoms with Crippen molar-refractivity contribution in [1.82, 2.24) is 0 Å². The lowest BCUT2D eigenvalue weighted by molar-refractivity contribution is 0.00470. The highest BCUT2D eigenvalue weighted by Gasteiger charge is 2.12. The zero-order valence-electron chi connectivity index (χ0n) is 23.5. The number of ether oxygens (including phenoxy) is 9. The van der Waals surface area contributed by atoms with Gasteiger partial charge < -0.3 is 54.1 Å². The molecular formula is C28H38N4O9. The van der Waals surface area contributed by atoms with E-state index in [0.29, 0.717) is 112 Å². The van der Waals surface area contributed by atoms with Crippen LogP contribution in [0.1, 0.15) is 5.56 Å². The van der Waals surface area contributed by atoms with Gasteiger partial charge in [-0.2, -0.15) is 5.26 Å².